The van der Waals surface area contributed by atoms with Crippen molar-refractivity contribution in [2.45, 2.75) is 0 Å². The number of aromatic nitrogens is 4. The number of carbonyl (C=O) groups excluding carboxylic acids is 1. The van der Waals surface area contributed by atoms with E-state index in [9.17, 15) is 4.79 Å². The van der Waals surface area contributed by atoms with Crippen molar-refractivity contribution in [3.63, 3.8) is 0 Å². The largest absolute Gasteiger partial charge is 0.482 e. The van der Waals surface area contributed by atoms with Crippen LogP contribution in [0.4, 0.5) is 5.13 Å². The SMILES string of the molecule is O=C(COc1ccc(Cl)cc1Cl)Nc1nc(-c2ccc(Cl)c(Cl)c2)c(-n2cncn2)s1. The molecular formula is C19H11Cl4N5O2S. The Bertz CT molecular complexity index is 1250. The van der Waals surface area contributed by atoms with Crippen LogP contribution in [0.25, 0.3) is 16.3 Å². The third-order valence-corrected chi connectivity index (χ3v) is 6.16. The quantitative estimate of drug-likeness (QED) is 0.340. The first-order valence-corrected chi connectivity index (χ1v) is 10.9. The summed E-state index contributed by atoms with van der Waals surface area (Å²) in [5.41, 5.74) is 1.27. The molecule has 1 amide bonds. The van der Waals surface area contributed by atoms with Gasteiger partial charge in [-0.15, -0.1) is 0 Å². The van der Waals surface area contributed by atoms with Gasteiger partial charge in [0.05, 0.1) is 15.1 Å². The number of anilines is 1. The number of nitrogens with zero attached hydrogens (tertiary/aromatic N) is 4. The van der Waals surface area contributed by atoms with Crippen molar-refractivity contribution in [2.75, 3.05) is 11.9 Å². The maximum atomic E-state index is 12.4. The second kappa shape index (κ2) is 9.42. The van der Waals surface area contributed by atoms with Gasteiger partial charge in [0.1, 0.15) is 29.1 Å². The van der Waals surface area contributed by atoms with E-state index in [0.29, 0.717) is 47.2 Å². The molecule has 0 fully saturated rings. The number of ether oxygens (including phenoxy) is 1. The van der Waals surface area contributed by atoms with E-state index < -0.39 is 5.91 Å². The van der Waals surface area contributed by atoms with E-state index in [2.05, 4.69) is 20.4 Å². The summed E-state index contributed by atoms with van der Waals surface area (Å²) in [6.45, 7) is -0.262. The van der Waals surface area contributed by atoms with E-state index in [-0.39, 0.29) is 6.61 Å². The molecule has 0 spiro atoms. The third-order valence-electron chi connectivity index (χ3n) is 3.93. The number of hydrogen-bond donors (Lipinski definition) is 1. The summed E-state index contributed by atoms with van der Waals surface area (Å²) >= 11 is 25.3. The van der Waals surface area contributed by atoms with Gasteiger partial charge >= 0.3 is 0 Å². The Kier molecular flexibility index (Phi) is 6.64. The van der Waals surface area contributed by atoms with Crippen LogP contribution in [-0.2, 0) is 4.79 Å². The minimum atomic E-state index is -0.411. The number of hydrogen-bond acceptors (Lipinski definition) is 6. The fourth-order valence-corrected chi connectivity index (χ4v) is 4.25. The number of thiazole rings is 1. The van der Waals surface area contributed by atoms with E-state index >= 15 is 0 Å². The van der Waals surface area contributed by atoms with Gasteiger partial charge in [0.2, 0.25) is 0 Å². The highest BCUT2D eigenvalue weighted by atomic mass is 35.5. The lowest BCUT2D eigenvalue weighted by Gasteiger charge is -2.07. The lowest BCUT2D eigenvalue weighted by atomic mass is 10.1. The first-order valence-electron chi connectivity index (χ1n) is 8.59. The molecule has 0 aliphatic heterocycles. The van der Waals surface area contributed by atoms with Gasteiger partial charge in [-0.25, -0.2) is 14.6 Å². The third kappa shape index (κ3) is 5.11. The Balaban J connectivity index is 1.55. The topological polar surface area (TPSA) is 81.9 Å². The lowest BCUT2D eigenvalue weighted by molar-refractivity contribution is -0.118. The molecule has 0 bridgehead atoms. The highest BCUT2D eigenvalue weighted by Crippen LogP contribution is 2.36. The van der Waals surface area contributed by atoms with Crippen LogP contribution in [0.1, 0.15) is 0 Å². The molecule has 0 saturated carbocycles. The molecule has 1 N–H and O–H groups in total. The fourth-order valence-electron chi connectivity index (χ4n) is 2.56. The highest BCUT2D eigenvalue weighted by Gasteiger charge is 2.18. The smallest absolute Gasteiger partial charge is 0.264 e. The molecular weight excluding hydrogens is 504 g/mol. The van der Waals surface area contributed by atoms with Crippen molar-refractivity contribution in [1.82, 2.24) is 19.7 Å². The second-order valence-corrected chi connectivity index (χ2v) is 8.69. The van der Waals surface area contributed by atoms with Gasteiger partial charge in [-0.3, -0.25) is 10.1 Å². The minimum absolute atomic E-state index is 0.262. The highest BCUT2D eigenvalue weighted by molar-refractivity contribution is 7.18. The molecule has 0 saturated heterocycles. The number of amides is 1. The Morgan fingerprint density at radius 1 is 1.06 bits per heavy atom. The summed E-state index contributed by atoms with van der Waals surface area (Å²) in [5, 5.41) is 9.46. The molecule has 0 radical (unpaired) electrons. The van der Waals surface area contributed by atoms with Gasteiger partial charge in [-0.2, -0.15) is 5.10 Å². The average molecular weight is 515 g/mol. The van der Waals surface area contributed by atoms with Gasteiger partial charge in [0.25, 0.3) is 5.91 Å². The molecule has 4 rings (SSSR count). The van der Waals surface area contributed by atoms with E-state index in [1.807, 2.05) is 0 Å². The molecule has 2 heterocycles. The number of benzene rings is 2. The number of nitrogens with one attached hydrogen (secondary N) is 1. The predicted molar refractivity (Wildman–Crippen MR) is 123 cm³/mol. The second-order valence-electron chi connectivity index (χ2n) is 6.05. The van der Waals surface area contributed by atoms with Crippen LogP contribution >= 0.6 is 57.7 Å². The Morgan fingerprint density at radius 2 is 1.90 bits per heavy atom. The van der Waals surface area contributed by atoms with Crippen molar-refractivity contribution in [2.24, 2.45) is 0 Å². The van der Waals surface area contributed by atoms with E-state index in [1.165, 1.54) is 30.1 Å². The molecule has 0 aliphatic rings. The number of halogens is 4. The summed E-state index contributed by atoms with van der Waals surface area (Å²) in [6.07, 6.45) is 2.94. The summed E-state index contributed by atoms with van der Waals surface area (Å²) in [5.74, 6) is -0.0641. The van der Waals surface area contributed by atoms with Gasteiger partial charge in [0.15, 0.2) is 11.7 Å². The molecule has 0 atom stereocenters. The molecule has 0 aliphatic carbocycles. The van der Waals surface area contributed by atoms with Crippen molar-refractivity contribution in [3.05, 3.63) is 69.1 Å². The standard InChI is InChI=1S/C19H11Cl4N5O2S/c20-11-2-4-15(14(23)6-11)30-7-16(29)26-19-27-17(10-1-3-12(21)13(22)5-10)18(31-19)28-9-24-8-25-28/h1-6,8-9H,7H2,(H,26,27,29). The molecule has 0 unspecified atom stereocenters. The average Bonchev–Trinajstić information content (AvgIpc) is 3.39. The summed E-state index contributed by atoms with van der Waals surface area (Å²) in [7, 11) is 0. The molecule has 7 nitrogen and oxygen atoms in total. The summed E-state index contributed by atoms with van der Waals surface area (Å²) in [4.78, 5) is 20.9. The molecule has 2 aromatic carbocycles. The van der Waals surface area contributed by atoms with Crippen LogP contribution < -0.4 is 10.1 Å². The van der Waals surface area contributed by atoms with Gasteiger partial charge in [0, 0.05) is 10.6 Å². The lowest BCUT2D eigenvalue weighted by Crippen LogP contribution is -2.20. The fraction of sp³-hybridized carbons (Fsp3) is 0.0526. The van der Waals surface area contributed by atoms with Crippen LogP contribution in [-0.4, -0.2) is 32.3 Å². The van der Waals surface area contributed by atoms with Gasteiger partial charge < -0.3 is 4.74 Å². The molecule has 4 aromatic rings. The van der Waals surface area contributed by atoms with Crippen molar-refractivity contribution < 1.29 is 9.53 Å². The Labute approximate surface area is 200 Å². The van der Waals surface area contributed by atoms with Gasteiger partial charge in [-0.05, 0) is 30.3 Å². The zero-order valence-corrected chi connectivity index (χ0v) is 19.2. The van der Waals surface area contributed by atoms with Crippen LogP contribution in [0.15, 0.2) is 49.1 Å². The van der Waals surface area contributed by atoms with Crippen molar-refractivity contribution in [1.29, 1.82) is 0 Å². The van der Waals surface area contributed by atoms with Crippen LogP contribution in [0.2, 0.25) is 20.1 Å². The van der Waals surface area contributed by atoms with E-state index in [0.717, 1.165) is 0 Å². The van der Waals surface area contributed by atoms with E-state index in [1.54, 1.807) is 35.0 Å². The number of carbonyl (C=O) groups is 1. The zero-order chi connectivity index (χ0) is 22.0. The van der Waals surface area contributed by atoms with Crippen molar-refractivity contribution >= 4 is 68.8 Å². The van der Waals surface area contributed by atoms with Crippen LogP contribution in [0.3, 0.4) is 0 Å². The van der Waals surface area contributed by atoms with Crippen molar-refractivity contribution in [3.8, 4) is 22.0 Å². The predicted octanol–water partition coefficient (Wildman–Crippen LogP) is 6.02. The van der Waals surface area contributed by atoms with Gasteiger partial charge in [-0.1, -0.05) is 63.8 Å². The summed E-state index contributed by atoms with van der Waals surface area (Å²) in [6, 6.07) is 9.89. The van der Waals surface area contributed by atoms with Crippen LogP contribution in [0.5, 0.6) is 5.75 Å². The molecule has 31 heavy (non-hydrogen) atoms. The maximum Gasteiger partial charge on any atom is 0.264 e. The summed E-state index contributed by atoms with van der Waals surface area (Å²) < 4.78 is 7.01. The van der Waals surface area contributed by atoms with Crippen LogP contribution in [0, 0.1) is 0 Å². The zero-order valence-electron chi connectivity index (χ0n) is 15.4. The molecule has 158 valence electrons. The Hall–Kier alpha value is -2.36. The minimum Gasteiger partial charge on any atom is -0.482 e. The monoisotopic (exact) mass is 513 g/mol. The maximum absolute atomic E-state index is 12.4. The normalized spacial score (nSPS) is 10.8. The van der Waals surface area contributed by atoms with E-state index in [4.69, 9.17) is 51.1 Å². The molecule has 2 aromatic heterocycles. The molecule has 12 heteroatoms. The first-order chi connectivity index (χ1) is 14.9. The first kappa shape index (κ1) is 21.9. The Morgan fingerprint density at radius 3 is 2.61 bits per heavy atom. The number of rotatable bonds is 6.